The number of nitrogens with zero attached hydrogens (tertiary/aromatic N) is 2. The van der Waals surface area contributed by atoms with Crippen LogP contribution in [0.3, 0.4) is 0 Å². The van der Waals surface area contributed by atoms with Gasteiger partial charge in [-0.1, -0.05) is 45.0 Å². The van der Waals surface area contributed by atoms with Crippen molar-refractivity contribution in [1.29, 1.82) is 0 Å². The first-order valence-electron chi connectivity index (χ1n) is 9.08. The normalized spacial score (nSPS) is 10.9. The monoisotopic (exact) mass is 347 g/mol. The molecule has 1 aromatic heterocycles. The van der Waals surface area contributed by atoms with Gasteiger partial charge in [-0.05, 0) is 53.3 Å². The molecule has 0 aliphatic heterocycles. The van der Waals surface area contributed by atoms with E-state index in [9.17, 15) is 4.79 Å². The Labute approximate surface area is 154 Å². The third kappa shape index (κ3) is 4.20. The molecule has 4 heteroatoms. The first kappa shape index (κ1) is 17.9. The van der Waals surface area contributed by atoms with E-state index in [2.05, 4.69) is 37.3 Å². The molecule has 0 saturated carbocycles. The summed E-state index contributed by atoms with van der Waals surface area (Å²) in [5.74, 6) is 0.452. The highest BCUT2D eigenvalue weighted by Gasteiger charge is 2.08. The van der Waals surface area contributed by atoms with Crippen LogP contribution < -0.4 is 5.32 Å². The molecule has 0 spiro atoms. The highest BCUT2D eigenvalue weighted by molar-refractivity contribution is 5.92. The molecule has 0 aliphatic carbocycles. The molecule has 0 fully saturated rings. The van der Waals surface area contributed by atoms with Crippen LogP contribution in [-0.4, -0.2) is 15.7 Å². The Bertz CT molecular complexity index is 878. The summed E-state index contributed by atoms with van der Waals surface area (Å²) >= 11 is 0. The molecule has 4 nitrogen and oxygen atoms in total. The number of rotatable bonds is 6. The van der Waals surface area contributed by atoms with Crippen LogP contribution in [0.15, 0.2) is 60.9 Å². The summed E-state index contributed by atoms with van der Waals surface area (Å²) in [4.78, 5) is 12.4. The number of nitrogens with one attached hydrogen (secondary N) is 1. The third-order valence-corrected chi connectivity index (χ3v) is 4.54. The van der Waals surface area contributed by atoms with E-state index < -0.39 is 0 Å². The van der Waals surface area contributed by atoms with Crippen molar-refractivity contribution >= 4 is 11.6 Å². The molecule has 0 unspecified atom stereocenters. The Balaban J connectivity index is 1.66. The molecule has 0 aliphatic rings. The number of hydrogen-bond acceptors (Lipinski definition) is 2. The molecule has 1 amide bonds. The predicted molar refractivity (Wildman–Crippen MR) is 106 cm³/mol. The quantitative estimate of drug-likeness (QED) is 0.700. The van der Waals surface area contributed by atoms with Crippen molar-refractivity contribution in [3.8, 4) is 5.69 Å². The van der Waals surface area contributed by atoms with Crippen molar-refractivity contribution in [2.45, 2.75) is 39.5 Å². The van der Waals surface area contributed by atoms with Gasteiger partial charge < -0.3 is 5.32 Å². The van der Waals surface area contributed by atoms with E-state index in [1.54, 1.807) is 0 Å². The van der Waals surface area contributed by atoms with Crippen LogP contribution in [0.4, 0.5) is 5.69 Å². The topological polar surface area (TPSA) is 46.9 Å². The Morgan fingerprint density at radius 1 is 1.08 bits per heavy atom. The van der Waals surface area contributed by atoms with Gasteiger partial charge in [-0.2, -0.15) is 5.10 Å². The fourth-order valence-electron chi connectivity index (χ4n) is 2.93. The number of carbonyl (C=O) groups is 1. The van der Waals surface area contributed by atoms with E-state index in [0.717, 1.165) is 23.4 Å². The second kappa shape index (κ2) is 8.00. The molecule has 3 aromatic rings. The first-order chi connectivity index (χ1) is 12.6. The second-order valence-electron chi connectivity index (χ2n) is 6.77. The summed E-state index contributed by atoms with van der Waals surface area (Å²) in [6.45, 7) is 6.41. The maximum Gasteiger partial charge on any atom is 0.228 e. The van der Waals surface area contributed by atoms with Crippen LogP contribution in [-0.2, 0) is 17.6 Å². The van der Waals surface area contributed by atoms with E-state index in [0.29, 0.717) is 12.3 Å². The Morgan fingerprint density at radius 2 is 1.77 bits per heavy atom. The lowest BCUT2D eigenvalue weighted by molar-refractivity contribution is -0.115. The molecule has 26 heavy (non-hydrogen) atoms. The van der Waals surface area contributed by atoms with Gasteiger partial charge in [-0.15, -0.1) is 0 Å². The summed E-state index contributed by atoms with van der Waals surface area (Å²) in [6, 6.07) is 15.8. The van der Waals surface area contributed by atoms with Gasteiger partial charge in [-0.25, -0.2) is 4.68 Å². The predicted octanol–water partition coefficient (Wildman–Crippen LogP) is 4.74. The van der Waals surface area contributed by atoms with Crippen molar-refractivity contribution in [3.63, 3.8) is 0 Å². The van der Waals surface area contributed by atoms with Crippen LogP contribution in [0.5, 0.6) is 0 Å². The molecule has 1 heterocycles. The van der Waals surface area contributed by atoms with Gasteiger partial charge in [0.15, 0.2) is 0 Å². The van der Waals surface area contributed by atoms with E-state index in [1.807, 2.05) is 59.5 Å². The van der Waals surface area contributed by atoms with Gasteiger partial charge in [0.05, 0.1) is 18.3 Å². The Morgan fingerprint density at radius 3 is 2.38 bits per heavy atom. The molecule has 2 aromatic carbocycles. The van der Waals surface area contributed by atoms with Crippen LogP contribution in [0.2, 0.25) is 0 Å². The molecule has 3 rings (SSSR count). The number of aryl methyl sites for hydroxylation is 1. The van der Waals surface area contributed by atoms with Crippen molar-refractivity contribution in [3.05, 3.63) is 77.6 Å². The van der Waals surface area contributed by atoms with E-state index in [4.69, 9.17) is 0 Å². The number of anilines is 1. The van der Waals surface area contributed by atoms with Gasteiger partial charge in [0, 0.05) is 11.9 Å². The standard InChI is InChI=1S/C22H25N3O/c1-4-17-7-5-6-8-18(17)13-22(26)24-20-9-11-21(12-10-20)25-15-19(14-23-25)16(2)3/h5-12,14-16H,4,13H2,1-3H3,(H,24,26). The molecule has 0 radical (unpaired) electrons. The van der Waals surface area contributed by atoms with Crippen molar-refractivity contribution < 1.29 is 4.79 Å². The van der Waals surface area contributed by atoms with Gasteiger partial charge in [0.25, 0.3) is 0 Å². The fraction of sp³-hybridized carbons (Fsp3) is 0.273. The Hall–Kier alpha value is -2.88. The molecule has 0 bridgehead atoms. The van der Waals surface area contributed by atoms with Gasteiger partial charge in [0.1, 0.15) is 0 Å². The molecular weight excluding hydrogens is 322 g/mol. The minimum Gasteiger partial charge on any atom is -0.326 e. The zero-order chi connectivity index (χ0) is 18.5. The van der Waals surface area contributed by atoms with Crippen molar-refractivity contribution in [2.75, 3.05) is 5.32 Å². The smallest absolute Gasteiger partial charge is 0.228 e. The fourth-order valence-corrected chi connectivity index (χ4v) is 2.93. The lowest BCUT2D eigenvalue weighted by atomic mass is 10.0. The second-order valence-corrected chi connectivity index (χ2v) is 6.77. The lowest BCUT2D eigenvalue weighted by Crippen LogP contribution is -2.15. The molecule has 134 valence electrons. The summed E-state index contributed by atoms with van der Waals surface area (Å²) in [5.41, 5.74) is 5.28. The van der Waals surface area contributed by atoms with Gasteiger partial charge in [0.2, 0.25) is 5.91 Å². The molecule has 0 atom stereocenters. The van der Waals surface area contributed by atoms with Crippen LogP contribution in [0.1, 0.15) is 43.4 Å². The molecule has 1 N–H and O–H groups in total. The minimum atomic E-state index is -0.000154. The van der Waals surface area contributed by atoms with Crippen molar-refractivity contribution in [1.82, 2.24) is 9.78 Å². The number of carbonyl (C=O) groups excluding carboxylic acids is 1. The zero-order valence-electron chi connectivity index (χ0n) is 15.6. The highest BCUT2D eigenvalue weighted by Crippen LogP contribution is 2.18. The van der Waals surface area contributed by atoms with E-state index in [1.165, 1.54) is 11.1 Å². The van der Waals surface area contributed by atoms with Crippen LogP contribution in [0, 0.1) is 0 Å². The van der Waals surface area contributed by atoms with Crippen molar-refractivity contribution in [2.24, 2.45) is 0 Å². The lowest BCUT2D eigenvalue weighted by Gasteiger charge is -2.09. The average molecular weight is 347 g/mol. The van der Waals surface area contributed by atoms with Gasteiger partial charge >= 0.3 is 0 Å². The highest BCUT2D eigenvalue weighted by atomic mass is 16.1. The number of hydrogen-bond donors (Lipinski definition) is 1. The van der Waals surface area contributed by atoms with Crippen LogP contribution in [0.25, 0.3) is 5.69 Å². The summed E-state index contributed by atoms with van der Waals surface area (Å²) in [5, 5.41) is 7.38. The Kier molecular flexibility index (Phi) is 5.52. The van der Waals surface area contributed by atoms with Gasteiger partial charge in [-0.3, -0.25) is 4.79 Å². The maximum atomic E-state index is 12.4. The number of benzene rings is 2. The maximum absolute atomic E-state index is 12.4. The number of amides is 1. The molecule has 0 saturated heterocycles. The van der Waals surface area contributed by atoms with E-state index in [-0.39, 0.29) is 5.91 Å². The average Bonchev–Trinajstić information content (AvgIpc) is 3.13. The number of aromatic nitrogens is 2. The third-order valence-electron chi connectivity index (χ3n) is 4.54. The molecular formula is C22H25N3O. The minimum absolute atomic E-state index is 0.000154. The van der Waals surface area contributed by atoms with Crippen LogP contribution >= 0.6 is 0 Å². The largest absolute Gasteiger partial charge is 0.326 e. The van der Waals surface area contributed by atoms with E-state index >= 15 is 0 Å². The summed E-state index contributed by atoms with van der Waals surface area (Å²) in [7, 11) is 0. The summed E-state index contributed by atoms with van der Waals surface area (Å²) < 4.78 is 1.86. The zero-order valence-corrected chi connectivity index (χ0v) is 15.6. The summed E-state index contributed by atoms with van der Waals surface area (Å²) in [6.07, 6.45) is 5.26. The SMILES string of the molecule is CCc1ccccc1CC(=O)Nc1ccc(-n2cc(C(C)C)cn2)cc1. The first-order valence-corrected chi connectivity index (χ1v) is 9.08.